The van der Waals surface area contributed by atoms with Crippen molar-refractivity contribution in [3.05, 3.63) is 51.1 Å². The number of hydrogen-bond acceptors (Lipinski definition) is 8. The quantitative estimate of drug-likeness (QED) is 0.621. The average Bonchev–Trinajstić information content (AvgIpc) is 2.84. The van der Waals surface area contributed by atoms with Gasteiger partial charge in [-0.15, -0.1) is 0 Å². The first-order chi connectivity index (χ1) is 13.9. The Morgan fingerprint density at radius 3 is 2.69 bits per heavy atom. The van der Waals surface area contributed by atoms with Gasteiger partial charge in [-0.3, -0.25) is 10.4 Å². The third kappa shape index (κ3) is 3.81. The third-order valence-corrected chi connectivity index (χ3v) is 5.40. The Balaban J connectivity index is 1.94. The summed E-state index contributed by atoms with van der Waals surface area (Å²) in [5.74, 6) is 0.963. The summed E-state index contributed by atoms with van der Waals surface area (Å²) in [4.78, 5) is 17.9. The highest BCUT2D eigenvalue weighted by molar-refractivity contribution is 6.33. The molecule has 0 aromatic carbocycles. The molecule has 29 heavy (non-hydrogen) atoms. The van der Waals surface area contributed by atoms with Crippen LogP contribution in [0.15, 0.2) is 24.3 Å². The van der Waals surface area contributed by atoms with Crippen LogP contribution in [0.3, 0.4) is 0 Å². The minimum absolute atomic E-state index is 0.0296. The Kier molecular flexibility index (Phi) is 5.21. The van der Waals surface area contributed by atoms with Crippen LogP contribution < -0.4 is 27.1 Å². The fourth-order valence-electron chi connectivity index (χ4n) is 3.43. The zero-order valence-electron chi connectivity index (χ0n) is 16.4. The summed E-state index contributed by atoms with van der Waals surface area (Å²) in [6, 6.07) is 1.80. The Morgan fingerprint density at radius 2 is 2.00 bits per heavy atom. The number of nitrogens with zero attached hydrogens (tertiary/aromatic N) is 5. The summed E-state index contributed by atoms with van der Waals surface area (Å²) in [7, 11) is 2.12. The van der Waals surface area contributed by atoms with E-state index in [0.717, 1.165) is 37.2 Å². The second-order valence-electron chi connectivity index (χ2n) is 7.22. The normalized spacial score (nSPS) is 17.6. The van der Waals surface area contributed by atoms with E-state index < -0.39 is 0 Å². The molecule has 2 aromatic rings. The average molecular weight is 411 g/mol. The first kappa shape index (κ1) is 19.4. The SMILES string of the molecule is C/C(N)=c1\nc(-c2ccncc2Cl)c2c(nc1=N)C=C(N1CCN(C)CC1)NC=2. The van der Waals surface area contributed by atoms with E-state index in [-0.39, 0.29) is 5.49 Å². The largest absolute Gasteiger partial charge is 0.400 e. The molecule has 2 aliphatic heterocycles. The number of nitrogens with two attached hydrogens (primary N) is 1. The number of piperazine rings is 1. The molecule has 2 aliphatic rings. The number of likely N-dealkylation sites (N-methyl/N-ethyl adjacent to an activating group) is 1. The van der Waals surface area contributed by atoms with Crippen molar-refractivity contribution < 1.29 is 0 Å². The number of rotatable bonds is 2. The van der Waals surface area contributed by atoms with Gasteiger partial charge in [0, 0.05) is 67.3 Å². The van der Waals surface area contributed by atoms with E-state index in [1.165, 1.54) is 0 Å². The second-order valence-corrected chi connectivity index (χ2v) is 7.62. The van der Waals surface area contributed by atoms with Crippen molar-refractivity contribution in [3.63, 3.8) is 0 Å². The van der Waals surface area contributed by atoms with Crippen molar-refractivity contribution in [2.24, 2.45) is 5.73 Å². The maximum Gasteiger partial charge on any atom is 0.173 e. The highest BCUT2D eigenvalue weighted by Gasteiger charge is 2.19. The van der Waals surface area contributed by atoms with Crippen LogP contribution in [-0.2, 0) is 0 Å². The van der Waals surface area contributed by atoms with Crippen LogP contribution in [0, 0.1) is 5.41 Å². The summed E-state index contributed by atoms with van der Waals surface area (Å²) in [6.07, 6.45) is 7.09. The molecule has 8 nitrogen and oxygen atoms in total. The van der Waals surface area contributed by atoms with Gasteiger partial charge >= 0.3 is 0 Å². The number of nitrogens with one attached hydrogen (secondary N) is 2. The minimum Gasteiger partial charge on any atom is -0.400 e. The molecule has 0 amide bonds. The van der Waals surface area contributed by atoms with Crippen molar-refractivity contribution in [2.75, 3.05) is 33.2 Å². The maximum absolute atomic E-state index is 8.41. The molecule has 0 spiro atoms. The van der Waals surface area contributed by atoms with Crippen molar-refractivity contribution >= 4 is 29.6 Å². The van der Waals surface area contributed by atoms with Gasteiger partial charge in [0.2, 0.25) is 0 Å². The molecule has 4 N–H and O–H groups in total. The summed E-state index contributed by atoms with van der Waals surface area (Å²) in [5.41, 5.74) is 8.45. The Hall–Kier alpha value is -2.97. The Morgan fingerprint density at radius 1 is 1.24 bits per heavy atom. The molecule has 9 heteroatoms. The van der Waals surface area contributed by atoms with Gasteiger partial charge in [-0.25, -0.2) is 9.97 Å². The predicted octanol–water partition coefficient (Wildman–Crippen LogP) is -0.355. The lowest BCUT2D eigenvalue weighted by molar-refractivity contribution is 0.182. The minimum atomic E-state index is 0.0296. The topological polar surface area (TPSA) is 107 Å². The molecule has 150 valence electrons. The molecule has 0 aliphatic carbocycles. The van der Waals surface area contributed by atoms with E-state index in [9.17, 15) is 0 Å². The summed E-state index contributed by atoms with van der Waals surface area (Å²) < 4.78 is 0. The van der Waals surface area contributed by atoms with Crippen LogP contribution in [0.5, 0.6) is 0 Å². The van der Waals surface area contributed by atoms with Crippen LogP contribution in [0.25, 0.3) is 29.2 Å². The molecule has 0 saturated carbocycles. The van der Waals surface area contributed by atoms with Crippen molar-refractivity contribution in [2.45, 2.75) is 6.92 Å². The second kappa shape index (κ2) is 7.81. The van der Waals surface area contributed by atoms with Gasteiger partial charge in [0.1, 0.15) is 11.2 Å². The summed E-state index contributed by atoms with van der Waals surface area (Å²) in [6.45, 7) is 5.56. The Labute approximate surface area is 173 Å². The van der Waals surface area contributed by atoms with Gasteiger partial charge in [-0.05, 0) is 20.0 Å². The lowest BCUT2D eigenvalue weighted by Crippen LogP contribution is -2.46. The van der Waals surface area contributed by atoms with E-state index in [2.05, 4.69) is 37.1 Å². The molecule has 0 unspecified atom stereocenters. The molecular formula is C20H23ClN8. The van der Waals surface area contributed by atoms with E-state index >= 15 is 0 Å². The third-order valence-electron chi connectivity index (χ3n) is 5.09. The molecule has 0 radical (unpaired) electrons. The van der Waals surface area contributed by atoms with Crippen LogP contribution >= 0.6 is 11.6 Å². The standard InChI is InChI=1S/C20H23ClN8/c1-12(22)18-20(23)26-16-9-17(29-7-5-28(2)6-8-29)25-10-14(16)19(27-18)13-3-4-24-11-15(13)21/h3-4,9-11,23,25H,5-8,22H2,1-2H3/b18-12+,23-20?. The van der Waals surface area contributed by atoms with Crippen LogP contribution in [0.1, 0.15) is 12.6 Å². The molecule has 4 rings (SSSR count). The monoisotopic (exact) mass is 410 g/mol. The first-order valence-electron chi connectivity index (χ1n) is 9.39. The number of halogens is 1. The van der Waals surface area contributed by atoms with E-state index in [4.69, 9.17) is 22.7 Å². The molecule has 4 heterocycles. The van der Waals surface area contributed by atoms with Crippen molar-refractivity contribution in [1.29, 1.82) is 5.41 Å². The van der Waals surface area contributed by atoms with Gasteiger partial charge in [-0.1, -0.05) is 11.6 Å². The van der Waals surface area contributed by atoms with Gasteiger partial charge in [0.05, 0.1) is 16.4 Å². The Bertz CT molecular complexity index is 1160. The van der Waals surface area contributed by atoms with Gasteiger partial charge in [0.25, 0.3) is 0 Å². The highest BCUT2D eigenvalue weighted by atomic mass is 35.5. The number of hydrogen-bond donors (Lipinski definition) is 3. The lowest BCUT2D eigenvalue weighted by Gasteiger charge is -2.35. The zero-order chi connectivity index (χ0) is 20.5. The fraction of sp³-hybridized carbons (Fsp3) is 0.300. The molecule has 0 bridgehead atoms. The van der Waals surface area contributed by atoms with Crippen LogP contribution in [-0.4, -0.2) is 58.0 Å². The van der Waals surface area contributed by atoms with Crippen molar-refractivity contribution in [3.8, 4) is 11.3 Å². The van der Waals surface area contributed by atoms with E-state index in [1.54, 1.807) is 25.4 Å². The number of aromatic nitrogens is 3. The number of fused-ring (bicyclic) bond motifs is 1. The van der Waals surface area contributed by atoms with Gasteiger partial charge in [-0.2, -0.15) is 0 Å². The number of pyridine rings is 1. The lowest BCUT2D eigenvalue weighted by atomic mass is 10.1. The summed E-state index contributed by atoms with van der Waals surface area (Å²) >= 11 is 6.41. The first-order valence-corrected chi connectivity index (χ1v) is 9.77. The smallest absolute Gasteiger partial charge is 0.173 e. The molecule has 0 atom stereocenters. The van der Waals surface area contributed by atoms with Crippen LogP contribution in [0.2, 0.25) is 5.02 Å². The van der Waals surface area contributed by atoms with E-state index in [1.807, 2.05) is 12.3 Å². The van der Waals surface area contributed by atoms with Crippen LogP contribution in [0.4, 0.5) is 0 Å². The molecule has 1 saturated heterocycles. The maximum atomic E-state index is 8.41. The molecule has 2 aromatic heterocycles. The van der Waals surface area contributed by atoms with E-state index in [0.29, 0.717) is 33.0 Å². The summed E-state index contributed by atoms with van der Waals surface area (Å²) in [5, 5.41) is 13.4. The zero-order valence-corrected chi connectivity index (χ0v) is 17.2. The molecule has 1 fully saturated rings. The highest BCUT2D eigenvalue weighted by Crippen LogP contribution is 2.22. The predicted molar refractivity (Wildman–Crippen MR) is 113 cm³/mol. The van der Waals surface area contributed by atoms with Gasteiger partial charge < -0.3 is 20.9 Å². The van der Waals surface area contributed by atoms with Crippen molar-refractivity contribution in [1.82, 2.24) is 30.1 Å². The van der Waals surface area contributed by atoms with Gasteiger partial charge in [0.15, 0.2) is 5.49 Å². The molecular weight excluding hydrogens is 388 g/mol. The fourth-order valence-corrected chi connectivity index (χ4v) is 3.64.